The van der Waals surface area contributed by atoms with Crippen LogP contribution in [0, 0.1) is 5.92 Å². The van der Waals surface area contributed by atoms with E-state index in [1.807, 2.05) is 36.5 Å². The lowest BCUT2D eigenvalue weighted by atomic mass is 10.1. The van der Waals surface area contributed by atoms with Crippen molar-refractivity contribution in [3.8, 4) is 5.69 Å². The summed E-state index contributed by atoms with van der Waals surface area (Å²) >= 11 is 0. The van der Waals surface area contributed by atoms with Crippen LogP contribution in [-0.2, 0) is 16.0 Å². The third-order valence-electron chi connectivity index (χ3n) is 4.22. The number of carboxylic acids is 1. The molecule has 1 aromatic carbocycles. The van der Waals surface area contributed by atoms with E-state index in [0.717, 1.165) is 17.7 Å². The van der Waals surface area contributed by atoms with Crippen molar-refractivity contribution >= 4 is 11.9 Å². The first-order valence-electron chi connectivity index (χ1n) is 7.73. The molecule has 0 spiro atoms. The van der Waals surface area contributed by atoms with Crippen molar-refractivity contribution in [1.82, 2.24) is 15.1 Å². The van der Waals surface area contributed by atoms with Gasteiger partial charge in [-0.1, -0.05) is 12.1 Å². The van der Waals surface area contributed by atoms with Gasteiger partial charge in [-0.3, -0.25) is 9.59 Å². The highest BCUT2D eigenvalue weighted by Gasteiger charge is 2.30. The molecule has 6 heteroatoms. The molecule has 1 aromatic heterocycles. The molecule has 6 nitrogen and oxygen atoms in total. The maximum absolute atomic E-state index is 12.1. The van der Waals surface area contributed by atoms with Gasteiger partial charge in [0.05, 0.1) is 18.0 Å². The van der Waals surface area contributed by atoms with Crippen molar-refractivity contribution in [2.45, 2.75) is 31.7 Å². The minimum atomic E-state index is -0.768. The summed E-state index contributed by atoms with van der Waals surface area (Å²) < 4.78 is 1.76. The molecule has 1 aliphatic rings. The fraction of sp³-hybridized carbons (Fsp3) is 0.353. The number of aliphatic carboxylic acids is 1. The summed E-state index contributed by atoms with van der Waals surface area (Å²) in [6.07, 6.45) is 5.78. The van der Waals surface area contributed by atoms with Crippen molar-refractivity contribution < 1.29 is 14.7 Å². The average Bonchev–Trinajstić information content (AvgIpc) is 3.19. The number of nitrogens with zero attached hydrogens (tertiary/aromatic N) is 2. The zero-order valence-electron chi connectivity index (χ0n) is 12.7. The lowest BCUT2D eigenvalue weighted by Crippen LogP contribution is -2.34. The third-order valence-corrected chi connectivity index (χ3v) is 4.22. The Hall–Kier alpha value is -2.63. The van der Waals surface area contributed by atoms with E-state index >= 15 is 0 Å². The summed E-state index contributed by atoms with van der Waals surface area (Å²) in [6.45, 7) is 0. The molecule has 1 aliphatic carbocycles. The molecule has 2 atom stereocenters. The Morgan fingerprint density at radius 3 is 2.65 bits per heavy atom. The number of nitrogens with one attached hydrogen (secondary N) is 1. The van der Waals surface area contributed by atoms with Gasteiger partial charge in [-0.25, -0.2) is 4.68 Å². The molecule has 3 rings (SSSR count). The predicted octanol–water partition coefficient (Wildman–Crippen LogP) is 1.78. The highest BCUT2D eigenvalue weighted by atomic mass is 16.4. The number of carbonyl (C=O) groups excluding carboxylic acids is 1. The van der Waals surface area contributed by atoms with Gasteiger partial charge in [-0.2, -0.15) is 5.10 Å². The molecular formula is C17H19N3O3. The molecule has 0 bridgehead atoms. The van der Waals surface area contributed by atoms with Gasteiger partial charge in [0.15, 0.2) is 0 Å². The molecule has 0 aliphatic heterocycles. The van der Waals surface area contributed by atoms with Gasteiger partial charge >= 0.3 is 5.97 Å². The highest BCUT2D eigenvalue weighted by Crippen LogP contribution is 2.25. The van der Waals surface area contributed by atoms with Gasteiger partial charge in [0.25, 0.3) is 0 Å². The quantitative estimate of drug-likeness (QED) is 0.881. The Balaban J connectivity index is 1.53. The number of aromatic nitrogens is 2. The van der Waals surface area contributed by atoms with E-state index in [2.05, 4.69) is 10.4 Å². The number of amides is 1. The standard InChI is InChI=1S/C17H19N3O3/c21-16(19-14-5-4-13(11-14)17(22)23)10-12-2-6-15(7-3-12)20-9-1-8-18-20/h1-3,6-9,13-14H,4-5,10-11H2,(H,19,21)(H,22,23)/t13-,14+/m0/s1. The van der Waals surface area contributed by atoms with Gasteiger partial charge in [0, 0.05) is 18.4 Å². The van der Waals surface area contributed by atoms with Crippen molar-refractivity contribution in [2.24, 2.45) is 5.92 Å². The molecule has 2 aromatic rings. The van der Waals surface area contributed by atoms with Crippen molar-refractivity contribution in [2.75, 3.05) is 0 Å². The molecule has 0 unspecified atom stereocenters. The Bertz CT molecular complexity index is 680. The summed E-state index contributed by atoms with van der Waals surface area (Å²) in [5, 5.41) is 16.1. The van der Waals surface area contributed by atoms with Crippen LogP contribution in [0.15, 0.2) is 42.7 Å². The fourth-order valence-corrected chi connectivity index (χ4v) is 2.99. The van der Waals surface area contributed by atoms with Gasteiger partial charge in [-0.05, 0) is 43.0 Å². The normalized spacial score (nSPS) is 20.3. The van der Waals surface area contributed by atoms with E-state index in [0.29, 0.717) is 19.3 Å². The Kier molecular flexibility index (Phi) is 4.41. The Morgan fingerprint density at radius 2 is 2.04 bits per heavy atom. The number of rotatable bonds is 5. The molecule has 23 heavy (non-hydrogen) atoms. The number of hydrogen-bond acceptors (Lipinski definition) is 3. The van der Waals surface area contributed by atoms with Crippen LogP contribution < -0.4 is 5.32 Å². The van der Waals surface area contributed by atoms with Gasteiger partial charge in [0.2, 0.25) is 5.91 Å². The van der Waals surface area contributed by atoms with E-state index in [9.17, 15) is 9.59 Å². The van der Waals surface area contributed by atoms with E-state index in [-0.39, 0.29) is 17.9 Å². The number of benzene rings is 1. The van der Waals surface area contributed by atoms with Crippen LogP contribution in [0.2, 0.25) is 0 Å². The van der Waals surface area contributed by atoms with E-state index in [1.54, 1.807) is 10.9 Å². The maximum atomic E-state index is 12.1. The highest BCUT2D eigenvalue weighted by molar-refractivity contribution is 5.79. The number of carbonyl (C=O) groups is 2. The summed E-state index contributed by atoms with van der Waals surface area (Å²) in [6, 6.07) is 9.49. The van der Waals surface area contributed by atoms with Crippen LogP contribution >= 0.6 is 0 Å². The van der Waals surface area contributed by atoms with Crippen LogP contribution in [0.1, 0.15) is 24.8 Å². The summed E-state index contributed by atoms with van der Waals surface area (Å²) in [5.74, 6) is -1.16. The van der Waals surface area contributed by atoms with Crippen molar-refractivity contribution in [3.05, 3.63) is 48.3 Å². The lowest BCUT2D eigenvalue weighted by molar-refractivity contribution is -0.141. The third kappa shape index (κ3) is 3.77. The number of hydrogen-bond donors (Lipinski definition) is 2. The molecule has 1 amide bonds. The van der Waals surface area contributed by atoms with Gasteiger partial charge < -0.3 is 10.4 Å². The van der Waals surface area contributed by atoms with E-state index < -0.39 is 5.97 Å². The SMILES string of the molecule is O=C(Cc1ccc(-n2cccn2)cc1)N[C@@H]1CC[C@H](C(=O)O)C1. The Morgan fingerprint density at radius 1 is 1.26 bits per heavy atom. The summed E-state index contributed by atoms with van der Waals surface area (Å²) in [7, 11) is 0. The fourth-order valence-electron chi connectivity index (χ4n) is 2.99. The van der Waals surface area contributed by atoms with Crippen LogP contribution in [0.4, 0.5) is 0 Å². The van der Waals surface area contributed by atoms with Gasteiger partial charge in [-0.15, -0.1) is 0 Å². The molecule has 0 radical (unpaired) electrons. The summed E-state index contributed by atoms with van der Waals surface area (Å²) in [5.41, 5.74) is 1.87. The zero-order chi connectivity index (χ0) is 16.2. The van der Waals surface area contributed by atoms with E-state index in [4.69, 9.17) is 5.11 Å². The Labute approximate surface area is 134 Å². The second-order valence-corrected chi connectivity index (χ2v) is 5.91. The largest absolute Gasteiger partial charge is 0.481 e. The maximum Gasteiger partial charge on any atom is 0.306 e. The molecule has 120 valence electrons. The first-order valence-corrected chi connectivity index (χ1v) is 7.73. The first kappa shape index (κ1) is 15.3. The minimum Gasteiger partial charge on any atom is -0.481 e. The zero-order valence-corrected chi connectivity index (χ0v) is 12.7. The molecule has 2 N–H and O–H groups in total. The smallest absolute Gasteiger partial charge is 0.306 e. The lowest BCUT2D eigenvalue weighted by Gasteiger charge is -2.12. The van der Waals surface area contributed by atoms with Crippen LogP contribution in [0.3, 0.4) is 0 Å². The molecule has 1 fully saturated rings. The minimum absolute atomic E-state index is 0.0213. The van der Waals surface area contributed by atoms with E-state index in [1.165, 1.54) is 0 Å². The van der Waals surface area contributed by atoms with Crippen molar-refractivity contribution in [3.63, 3.8) is 0 Å². The molecule has 1 heterocycles. The van der Waals surface area contributed by atoms with Crippen LogP contribution in [0.25, 0.3) is 5.69 Å². The summed E-state index contributed by atoms with van der Waals surface area (Å²) in [4.78, 5) is 23.0. The number of carboxylic acid groups (broad SMARTS) is 1. The molecular weight excluding hydrogens is 294 g/mol. The first-order chi connectivity index (χ1) is 11.1. The van der Waals surface area contributed by atoms with Gasteiger partial charge in [0.1, 0.15) is 0 Å². The molecule has 0 saturated heterocycles. The second kappa shape index (κ2) is 6.64. The topological polar surface area (TPSA) is 84.2 Å². The van der Waals surface area contributed by atoms with Crippen LogP contribution in [-0.4, -0.2) is 32.8 Å². The second-order valence-electron chi connectivity index (χ2n) is 5.91. The monoisotopic (exact) mass is 313 g/mol. The predicted molar refractivity (Wildman–Crippen MR) is 84.2 cm³/mol. The van der Waals surface area contributed by atoms with Crippen LogP contribution in [0.5, 0.6) is 0 Å². The average molecular weight is 313 g/mol. The molecule has 1 saturated carbocycles. The van der Waals surface area contributed by atoms with Crippen molar-refractivity contribution in [1.29, 1.82) is 0 Å².